The van der Waals surface area contributed by atoms with Crippen LogP contribution in [0.5, 0.6) is 0 Å². The van der Waals surface area contributed by atoms with Gasteiger partial charge in [-0.2, -0.15) is 0 Å². The molecule has 18 heavy (non-hydrogen) atoms. The lowest BCUT2D eigenvalue weighted by Gasteiger charge is -2.05. The lowest BCUT2D eigenvalue weighted by Crippen LogP contribution is -2.32. The van der Waals surface area contributed by atoms with Gasteiger partial charge in [-0.3, -0.25) is 9.59 Å². The molecule has 2 N–H and O–H groups in total. The van der Waals surface area contributed by atoms with Crippen LogP contribution < -0.4 is 10.6 Å². The highest BCUT2D eigenvalue weighted by molar-refractivity contribution is 7.12. The third-order valence-corrected chi connectivity index (χ3v) is 3.08. The molecule has 0 spiro atoms. The normalized spacial score (nSPS) is 9.78. The molecular weight excluding hydrogens is 248 g/mol. The first kappa shape index (κ1) is 12.3. The number of nitrogens with one attached hydrogen (secondary N) is 2. The first-order chi connectivity index (χ1) is 8.75. The molecule has 0 aliphatic heterocycles. The summed E-state index contributed by atoms with van der Waals surface area (Å²) in [4.78, 5) is 23.7. The fourth-order valence-corrected chi connectivity index (χ4v) is 2.02. The lowest BCUT2D eigenvalue weighted by molar-refractivity contribution is -0.115. The van der Waals surface area contributed by atoms with Gasteiger partial charge in [0, 0.05) is 5.69 Å². The van der Waals surface area contributed by atoms with E-state index < -0.39 is 0 Å². The van der Waals surface area contributed by atoms with Crippen LogP contribution in [0.2, 0.25) is 0 Å². The van der Waals surface area contributed by atoms with Crippen molar-refractivity contribution in [2.24, 2.45) is 0 Å². The standard InChI is InChI=1S/C13H12N2O2S/c16-12(15-10-5-2-1-3-6-10)9-14-13(17)11-7-4-8-18-11/h1-8H,9H2,(H,14,17)(H,15,16). The molecule has 0 aliphatic carbocycles. The summed E-state index contributed by atoms with van der Waals surface area (Å²) in [5.41, 5.74) is 0.716. The first-order valence-corrected chi connectivity index (χ1v) is 6.30. The minimum absolute atomic E-state index is 0.0361. The van der Waals surface area contributed by atoms with Gasteiger partial charge in [0.25, 0.3) is 5.91 Å². The molecule has 1 aromatic heterocycles. The Hall–Kier alpha value is -2.14. The fraction of sp³-hybridized carbons (Fsp3) is 0.0769. The van der Waals surface area contributed by atoms with E-state index >= 15 is 0 Å². The largest absolute Gasteiger partial charge is 0.342 e. The van der Waals surface area contributed by atoms with Crippen LogP contribution in [0.25, 0.3) is 0 Å². The van der Waals surface area contributed by atoms with Crippen LogP contribution in [-0.2, 0) is 4.79 Å². The minimum Gasteiger partial charge on any atom is -0.342 e. The highest BCUT2D eigenvalue weighted by Gasteiger charge is 2.08. The van der Waals surface area contributed by atoms with Gasteiger partial charge in [-0.25, -0.2) is 0 Å². The summed E-state index contributed by atoms with van der Waals surface area (Å²) in [6.07, 6.45) is 0. The molecule has 0 saturated carbocycles. The van der Waals surface area contributed by atoms with Crippen LogP contribution >= 0.6 is 11.3 Å². The number of carbonyl (C=O) groups is 2. The molecular formula is C13H12N2O2S. The van der Waals surface area contributed by atoms with Crippen molar-refractivity contribution in [3.05, 3.63) is 52.7 Å². The predicted octanol–water partition coefficient (Wildman–Crippen LogP) is 2.12. The van der Waals surface area contributed by atoms with Gasteiger partial charge in [0.05, 0.1) is 11.4 Å². The zero-order valence-electron chi connectivity index (χ0n) is 9.55. The minimum atomic E-state index is -0.244. The summed E-state index contributed by atoms with van der Waals surface area (Å²) in [6.45, 7) is -0.0361. The maximum atomic E-state index is 11.6. The van der Waals surface area contributed by atoms with Crippen molar-refractivity contribution in [1.29, 1.82) is 0 Å². The second-order valence-electron chi connectivity index (χ2n) is 3.57. The van der Waals surface area contributed by atoms with Crippen LogP contribution in [0.4, 0.5) is 5.69 Å². The Balaban J connectivity index is 1.80. The third-order valence-electron chi connectivity index (χ3n) is 2.21. The molecule has 2 aromatic rings. The number of amides is 2. The van der Waals surface area contributed by atoms with Gasteiger partial charge in [-0.15, -0.1) is 11.3 Å². The van der Waals surface area contributed by atoms with E-state index in [1.54, 1.807) is 24.3 Å². The van der Waals surface area contributed by atoms with Crippen LogP contribution in [-0.4, -0.2) is 18.4 Å². The molecule has 0 unspecified atom stereocenters. The number of carbonyl (C=O) groups excluding carboxylic acids is 2. The molecule has 1 aromatic carbocycles. The Morgan fingerprint density at radius 3 is 2.50 bits per heavy atom. The lowest BCUT2D eigenvalue weighted by atomic mass is 10.3. The van der Waals surface area contributed by atoms with Gasteiger partial charge >= 0.3 is 0 Å². The van der Waals surface area contributed by atoms with Crippen molar-refractivity contribution in [2.75, 3.05) is 11.9 Å². The highest BCUT2D eigenvalue weighted by atomic mass is 32.1. The Morgan fingerprint density at radius 1 is 1.06 bits per heavy atom. The van der Waals surface area contributed by atoms with Crippen LogP contribution in [0.1, 0.15) is 9.67 Å². The summed E-state index contributed by atoms with van der Waals surface area (Å²) < 4.78 is 0. The number of hydrogen-bond acceptors (Lipinski definition) is 3. The van der Waals surface area contributed by atoms with E-state index in [4.69, 9.17) is 0 Å². The molecule has 0 atom stereocenters. The van der Waals surface area contributed by atoms with Crippen molar-refractivity contribution in [1.82, 2.24) is 5.32 Å². The smallest absolute Gasteiger partial charge is 0.261 e. The number of thiophene rings is 1. The van der Waals surface area contributed by atoms with Crippen molar-refractivity contribution < 1.29 is 9.59 Å². The van der Waals surface area contributed by atoms with Crippen molar-refractivity contribution in [2.45, 2.75) is 0 Å². The van der Waals surface area contributed by atoms with E-state index in [0.717, 1.165) is 0 Å². The maximum absolute atomic E-state index is 11.6. The van der Waals surface area contributed by atoms with E-state index in [-0.39, 0.29) is 18.4 Å². The Bertz CT molecular complexity index is 523. The summed E-state index contributed by atoms with van der Waals surface area (Å²) in [6, 6.07) is 12.6. The molecule has 0 radical (unpaired) electrons. The number of hydrogen-bond donors (Lipinski definition) is 2. The zero-order valence-corrected chi connectivity index (χ0v) is 10.4. The number of rotatable bonds is 4. The third kappa shape index (κ3) is 3.43. The molecule has 4 nitrogen and oxygen atoms in total. The van der Waals surface area contributed by atoms with Gasteiger partial charge in [-0.1, -0.05) is 24.3 Å². The predicted molar refractivity (Wildman–Crippen MR) is 71.7 cm³/mol. The monoisotopic (exact) mass is 260 g/mol. The van der Waals surface area contributed by atoms with E-state index in [1.807, 2.05) is 23.6 Å². The maximum Gasteiger partial charge on any atom is 0.261 e. The van der Waals surface area contributed by atoms with Gasteiger partial charge in [-0.05, 0) is 23.6 Å². The van der Waals surface area contributed by atoms with E-state index in [9.17, 15) is 9.59 Å². The molecule has 92 valence electrons. The molecule has 2 amide bonds. The molecule has 0 bridgehead atoms. The molecule has 0 fully saturated rings. The average molecular weight is 260 g/mol. The van der Waals surface area contributed by atoms with Crippen molar-refractivity contribution >= 4 is 28.8 Å². The zero-order chi connectivity index (χ0) is 12.8. The summed E-state index contributed by atoms with van der Waals surface area (Å²) in [7, 11) is 0. The fourth-order valence-electron chi connectivity index (χ4n) is 1.38. The second kappa shape index (κ2) is 5.97. The second-order valence-corrected chi connectivity index (χ2v) is 4.52. The number of benzene rings is 1. The molecule has 0 aliphatic rings. The summed E-state index contributed by atoms with van der Waals surface area (Å²) >= 11 is 1.34. The van der Waals surface area contributed by atoms with Crippen molar-refractivity contribution in [3.8, 4) is 0 Å². The molecule has 5 heteroatoms. The van der Waals surface area contributed by atoms with Crippen LogP contribution in [0.15, 0.2) is 47.8 Å². The first-order valence-electron chi connectivity index (χ1n) is 5.42. The SMILES string of the molecule is O=C(CNC(=O)c1cccs1)Nc1ccccc1. The molecule has 0 saturated heterocycles. The van der Waals surface area contributed by atoms with Crippen molar-refractivity contribution in [3.63, 3.8) is 0 Å². The number of para-hydroxylation sites is 1. The summed E-state index contributed by atoms with van der Waals surface area (Å²) in [5.74, 6) is -0.473. The van der Waals surface area contributed by atoms with Gasteiger partial charge in [0.15, 0.2) is 0 Å². The van der Waals surface area contributed by atoms with E-state index in [2.05, 4.69) is 10.6 Å². The quantitative estimate of drug-likeness (QED) is 0.884. The Kier molecular flexibility index (Phi) is 4.09. The van der Waals surface area contributed by atoms with E-state index in [1.165, 1.54) is 11.3 Å². The van der Waals surface area contributed by atoms with Gasteiger partial charge in [0.1, 0.15) is 0 Å². The topological polar surface area (TPSA) is 58.2 Å². The van der Waals surface area contributed by atoms with Crippen LogP contribution in [0, 0.1) is 0 Å². The van der Waals surface area contributed by atoms with E-state index in [0.29, 0.717) is 10.6 Å². The highest BCUT2D eigenvalue weighted by Crippen LogP contribution is 2.07. The molecule has 2 rings (SSSR count). The van der Waals surface area contributed by atoms with Gasteiger partial charge in [0.2, 0.25) is 5.91 Å². The van der Waals surface area contributed by atoms with Gasteiger partial charge < -0.3 is 10.6 Å². The Morgan fingerprint density at radius 2 is 1.83 bits per heavy atom. The summed E-state index contributed by atoms with van der Waals surface area (Å²) in [5, 5.41) is 7.08. The average Bonchev–Trinajstić information content (AvgIpc) is 2.91. The molecule has 1 heterocycles. The Labute approximate surface area is 109 Å². The van der Waals surface area contributed by atoms with Crippen LogP contribution in [0.3, 0.4) is 0 Å². The number of anilines is 1.